The molecule has 0 spiro atoms. The first-order chi connectivity index (χ1) is 17.7. The second-order valence-corrected chi connectivity index (χ2v) is 10.7. The number of carbonyl (C=O) groups is 2. The highest BCUT2D eigenvalue weighted by Gasteiger charge is 2.27. The summed E-state index contributed by atoms with van der Waals surface area (Å²) in [4.78, 5) is 42.2. The SMILES string of the molecule is Cc1ccc(-c2c(CNC(=O)OC(C)(C)C)c(CC(C)C)nc(C)c2C(=O)OCc2oc(=O)oc2C)cc1. The van der Waals surface area contributed by atoms with Gasteiger partial charge in [0.2, 0.25) is 0 Å². The molecule has 0 atom stereocenters. The molecule has 1 aromatic carbocycles. The van der Waals surface area contributed by atoms with E-state index in [1.54, 1.807) is 34.6 Å². The highest BCUT2D eigenvalue weighted by atomic mass is 16.6. The minimum atomic E-state index is -0.861. The maximum Gasteiger partial charge on any atom is 0.519 e. The average molecular weight is 525 g/mol. The molecule has 0 fully saturated rings. The Bertz CT molecular complexity index is 1360. The lowest BCUT2D eigenvalue weighted by Crippen LogP contribution is -2.32. The molecule has 0 aliphatic rings. The topological polar surface area (TPSA) is 121 Å². The van der Waals surface area contributed by atoms with Gasteiger partial charge in [-0.2, -0.15) is 0 Å². The highest BCUT2D eigenvalue weighted by Crippen LogP contribution is 2.33. The van der Waals surface area contributed by atoms with Crippen molar-refractivity contribution in [1.29, 1.82) is 0 Å². The largest absolute Gasteiger partial charge is 0.519 e. The third kappa shape index (κ3) is 7.34. The van der Waals surface area contributed by atoms with Crippen molar-refractivity contribution < 1.29 is 27.9 Å². The summed E-state index contributed by atoms with van der Waals surface area (Å²) >= 11 is 0. The van der Waals surface area contributed by atoms with Crippen molar-refractivity contribution in [3.8, 4) is 11.1 Å². The van der Waals surface area contributed by atoms with Gasteiger partial charge >= 0.3 is 17.9 Å². The summed E-state index contributed by atoms with van der Waals surface area (Å²) in [5.41, 5.74) is 4.05. The van der Waals surface area contributed by atoms with Gasteiger partial charge in [0.1, 0.15) is 5.60 Å². The first kappa shape index (κ1) is 28.7. The normalized spacial score (nSPS) is 11.5. The molecule has 0 saturated heterocycles. The molecule has 1 N–H and O–H groups in total. The van der Waals surface area contributed by atoms with E-state index in [0.717, 1.165) is 16.8 Å². The number of hydrogen-bond donors (Lipinski definition) is 1. The lowest BCUT2D eigenvalue weighted by molar-refractivity contribution is 0.0441. The molecule has 3 aromatic rings. The van der Waals surface area contributed by atoms with Crippen molar-refractivity contribution in [1.82, 2.24) is 10.3 Å². The fourth-order valence-corrected chi connectivity index (χ4v) is 4.02. The second-order valence-electron chi connectivity index (χ2n) is 10.7. The molecule has 2 heterocycles. The third-order valence-corrected chi connectivity index (χ3v) is 5.69. The first-order valence-corrected chi connectivity index (χ1v) is 12.6. The van der Waals surface area contributed by atoms with Gasteiger partial charge in [-0.3, -0.25) is 4.98 Å². The van der Waals surface area contributed by atoms with E-state index in [4.69, 9.17) is 23.3 Å². The molecule has 38 heavy (non-hydrogen) atoms. The molecule has 9 heteroatoms. The number of amides is 1. The number of nitrogens with one attached hydrogen (secondary N) is 1. The Kier molecular flexibility index (Phi) is 8.81. The van der Waals surface area contributed by atoms with Gasteiger partial charge in [0.15, 0.2) is 18.1 Å². The van der Waals surface area contributed by atoms with Crippen molar-refractivity contribution in [3.63, 3.8) is 0 Å². The Morgan fingerprint density at radius 3 is 2.26 bits per heavy atom. The Hall–Kier alpha value is -3.88. The molecule has 0 aliphatic heterocycles. The standard InChI is InChI=1S/C29H36N2O7/c1-16(2)13-22-21(14-30-27(33)38-29(6,7)8)25(20-11-9-17(3)10-12-20)24(18(4)31-22)26(32)35-15-23-19(5)36-28(34)37-23/h9-12,16H,13-15H2,1-8H3,(H,30,33). The van der Waals surface area contributed by atoms with E-state index in [1.165, 1.54) is 0 Å². The summed E-state index contributed by atoms with van der Waals surface area (Å²) < 4.78 is 20.8. The number of esters is 1. The lowest BCUT2D eigenvalue weighted by atomic mass is 9.89. The molecular formula is C29H36N2O7. The van der Waals surface area contributed by atoms with E-state index in [0.29, 0.717) is 23.2 Å². The van der Waals surface area contributed by atoms with Crippen LogP contribution in [0.25, 0.3) is 11.1 Å². The molecule has 0 aliphatic carbocycles. The number of aromatic nitrogens is 1. The fraction of sp³-hybridized carbons (Fsp3) is 0.448. The molecule has 9 nitrogen and oxygen atoms in total. The van der Waals surface area contributed by atoms with Crippen LogP contribution in [0.15, 0.2) is 37.9 Å². The minimum absolute atomic E-state index is 0.101. The van der Waals surface area contributed by atoms with Crippen LogP contribution in [0.3, 0.4) is 0 Å². The molecule has 0 saturated carbocycles. The van der Waals surface area contributed by atoms with Crippen LogP contribution in [0, 0.1) is 26.7 Å². The monoisotopic (exact) mass is 524 g/mol. The number of hydrogen-bond acceptors (Lipinski definition) is 8. The highest BCUT2D eigenvalue weighted by molar-refractivity contribution is 5.99. The van der Waals surface area contributed by atoms with Gasteiger partial charge in [0.05, 0.1) is 11.3 Å². The van der Waals surface area contributed by atoms with Crippen molar-refractivity contribution in [2.45, 2.75) is 80.6 Å². The zero-order valence-corrected chi connectivity index (χ0v) is 23.3. The number of aryl methyl sites for hydroxylation is 3. The van der Waals surface area contributed by atoms with Gasteiger partial charge in [-0.15, -0.1) is 0 Å². The zero-order valence-electron chi connectivity index (χ0n) is 23.3. The maximum atomic E-state index is 13.5. The Morgan fingerprint density at radius 1 is 1.05 bits per heavy atom. The second kappa shape index (κ2) is 11.7. The van der Waals surface area contributed by atoms with E-state index in [9.17, 15) is 14.4 Å². The smallest absolute Gasteiger partial charge is 0.454 e. The van der Waals surface area contributed by atoms with Gasteiger partial charge in [-0.05, 0) is 59.4 Å². The van der Waals surface area contributed by atoms with Crippen molar-refractivity contribution in [2.24, 2.45) is 5.92 Å². The van der Waals surface area contributed by atoms with Crippen LogP contribution in [0.2, 0.25) is 0 Å². The van der Waals surface area contributed by atoms with Gasteiger partial charge in [-0.1, -0.05) is 43.7 Å². The molecule has 204 valence electrons. The van der Waals surface area contributed by atoms with Gasteiger partial charge in [-0.25, -0.2) is 14.4 Å². The summed E-state index contributed by atoms with van der Waals surface area (Å²) in [5.74, 6) is -0.846. The Morgan fingerprint density at radius 2 is 1.71 bits per heavy atom. The fourth-order valence-electron chi connectivity index (χ4n) is 4.02. The zero-order chi connectivity index (χ0) is 28.2. The summed E-state index contributed by atoms with van der Waals surface area (Å²) in [6.45, 7) is 14.7. The molecule has 1 amide bonds. The summed E-state index contributed by atoms with van der Waals surface area (Å²) in [6, 6.07) is 7.76. The number of pyridine rings is 1. The number of carbonyl (C=O) groups excluding carboxylic acids is 2. The predicted molar refractivity (Wildman–Crippen MR) is 142 cm³/mol. The lowest BCUT2D eigenvalue weighted by Gasteiger charge is -2.23. The van der Waals surface area contributed by atoms with Gasteiger partial charge in [0, 0.05) is 23.4 Å². The van der Waals surface area contributed by atoms with Crippen LogP contribution in [-0.2, 0) is 29.0 Å². The minimum Gasteiger partial charge on any atom is -0.454 e. The van der Waals surface area contributed by atoms with Crippen LogP contribution in [0.1, 0.15) is 79.0 Å². The van der Waals surface area contributed by atoms with Crippen molar-refractivity contribution in [3.05, 3.63) is 74.5 Å². The summed E-state index contributed by atoms with van der Waals surface area (Å²) in [5, 5.41) is 2.83. The summed E-state index contributed by atoms with van der Waals surface area (Å²) in [7, 11) is 0. The third-order valence-electron chi connectivity index (χ3n) is 5.69. The molecule has 0 unspecified atom stereocenters. The number of rotatable bonds is 8. The van der Waals surface area contributed by atoms with Crippen LogP contribution in [0.4, 0.5) is 4.79 Å². The molecule has 3 rings (SSSR count). The van der Waals surface area contributed by atoms with E-state index in [2.05, 4.69) is 19.2 Å². The number of nitrogens with zero attached hydrogens (tertiary/aromatic N) is 1. The predicted octanol–water partition coefficient (Wildman–Crippen LogP) is 5.80. The van der Waals surface area contributed by atoms with Crippen molar-refractivity contribution >= 4 is 12.1 Å². The molecular weight excluding hydrogens is 488 g/mol. The molecule has 2 aromatic heterocycles. The van der Waals surface area contributed by atoms with Crippen molar-refractivity contribution in [2.75, 3.05) is 0 Å². The van der Waals surface area contributed by atoms with E-state index >= 15 is 0 Å². The quantitative estimate of drug-likeness (QED) is 0.367. The first-order valence-electron chi connectivity index (χ1n) is 12.6. The Labute approximate surface area is 222 Å². The van der Waals surface area contributed by atoms with Crippen LogP contribution in [0.5, 0.6) is 0 Å². The van der Waals surface area contributed by atoms with Crippen LogP contribution in [-0.4, -0.2) is 22.6 Å². The summed E-state index contributed by atoms with van der Waals surface area (Å²) in [6.07, 6.45) is 0.0673. The molecule has 0 radical (unpaired) electrons. The Balaban J connectivity index is 2.12. The van der Waals surface area contributed by atoms with E-state index < -0.39 is 23.5 Å². The number of benzene rings is 1. The van der Waals surface area contributed by atoms with E-state index in [1.807, 2.05) is 31.2 Å². The number of alkyl carbamates (subject to hydrolysis) is 1. The maximum absolute atomic E-state index is 13.5. The van der Waals surface area contributed by atoms with Crippen LogP contribution >= 0.6 is 0 Å². The van der Waals surface area contributed by atoms with Gasteiger partial charge in [0.25, 0.3) is 0 Å². The average Bonchev–Trinajstić information content (AvgIpc) is 3.12. The van der Waals surface area contributed by atoms with Gasteiger partial charge < -0.3 is 23.6 Å². The van der Waals surface area contributed by atoms with E-state index in [-0.39, 0.29) is 36.2 Å². The number of ether oxygens (including phenoxy) is 2. The van der Waals surface area contributed by atoms with Crippen LogP contribution < -0.4 is 11.1 Å². The molecule has 0 bridgehead atoms.